The first-order chi connectivity index (χ1) is 11.5. The predicted octanol–water partition coefficient (Wildman–Crippen LogP) is 5.06. The quantitative estimate of drug-likeness (QED) is 0.724. The number of nitrogens with one attached hydrogen (secondary N) is 2. The summed E-state index contributed by atoms with van der Waals surface area (Å²) in [6.45, 7) is 15.1. The van der Waals surface area contributed by atoms with Crippen LogP contribution in [-0.4, -0.2) is 24.3 Å². The second-order valence-corrected chi connectivity index (χ2v) is 8.88. The van der Waals surface area contributed by atoms with Gasteiger partial charge in [-0.05, 0) is 44.6 Å². The van der Waals surface area contributed by atoms with Crippen LogP contribution in [-0.2, 0) is 4.74 Å². The highest BCUT2D eigenvalue weighted by molar-refractivity contribution is 5.67. The van der Waals surface area contributed by atoms with Crippen LogP contribution >= 0.6 is 0 Å². The number of amides is 1. The van der Waals surface area contributed by atoms with Gasteiger partial charge >= 0.3 is 6.09 Å². The van der Waals surface area contributed by atoms with Gasteiger partial charge in [0.25, 0.3) is 0 Å². The maximum atomic E-state index is 11.9. The Kier molecular flexibility index (Phi) is 7.94. The van der Waals surface area contributed by atoms with Gasteiger partial charge in [0.1, 0.15) is 5.60 Å². The van der Waals surface area contributed by atoms with Crippen molar-refractivity contribution in [2.24, 2.45) is 5.41 Å². The van der Waals surface area contributed by atoms with Crippen molar-refractivity contribution in [3.8, 4) is 0 Å². The van der Waals surface area contributed by atoms with E-state index in [-0.39, 0.29) is 23.6 Å². The highest BCUT2D eigenvalue weighted by atomic mass is 16.6. The zero-order valence-electron chi connectivity index (χ0n) is 17.0. The lowest BCUT2D eigenvalue weighted by molar-refractivity contribution is 0.0520. The lowest BCUT2D eigenvalue weighted by Gasteiger charge is -2.31. The average Bonchev–Trinajstić information content (AvgIpc) is 2.48. The van der Waals surface area contributed by atoms with Crippen LogP contribution in [0.4, 0.5) is 4.79 Å². The van der Waals surface area contributed by atoms with E-state index in [0.29, 0.717) is 6.54 Å². The van der Waals surface area contributed by atoms with Crippen LogP contribution in [0.3, 0.4) is 0 Å². The Labute approximate surface area is 153 Å². The van der Waals surface area contributed by atoms with E-state index < -0.39 is 5.60 Å². The molecule has 142 valence electrons. The lowest BCUT2D eigenvalue weighted by Crippen LogP contribution is -2.44. The first kappa shape index (κ1) is 21.5. The Morgan fingerprint density at radius 1 is 1.08 bits per heavy atom. The fraction of sp³-hybridized carbons (Fsp3) is 0.667. The highest BCUT2D eigenvalue weighted by Crippen LogP contribution is 2.29. The standard InChI is InChI=1S/C21H36N2O2/c1-8-17(15-22-19(24)25-21(5,6)7)23-18(14-20(2,3)4)16-12-10-9-11-13-16/h9-13,17-18,23H,8,14-15H2,1-7H3,(H,22,24). The van der Waals surface area contributed by atoms with Crippen molar-refractivity contribution in [3.63, 3.8) is 0 Å². The fourth-order valence-corrected chi connectivity index (χ4v) is 2.70. The van der Waals surface area contributed by atoms with Crippen molar-refractivity contribution in [3.05, 3.63) is 35.9 Å². The van der Waals surface area contributed by atoms with Crippen LogP contribution in [0.2, 0.25) is 0 Å². The number of ether oxygens (including phenoxy) is 1. The van der Waals surface area contributed by atoms with Gasteiger partial charge in [-0.25, -0.2) is 4.79 Å². The summed E-state index contributed by atoms with van der Waals surface area (Å²) in [7, 11) is 0. The van der Waals surface area contributed by atoms with Crippen molar-refractivity contribution in [1.82, 2.24) is 10.6 Å². The zero-order valence-corrected chi connectivity index (χ0v) is 17.0. The molecule has 4 nitrogen and oxygen atoms in total. The van der Waals surface area contributed by atoms with Crippen LogP contribution in [0.15, 0.2) is 30.3 Å². The minimum Gasteiger partial charge on any atom is -0.444 e. The predicted molar refractivity (Wildman–Crippen MR) is 105 cm³/mol. The van der Waals surface area contributed by atoms with Gasteiger partial charge in [0.15, 0.2) is 0 Å². The molecule has 2 N–H and O–H groups in total. The molecule has 0 heterocycles. The van der Waals surface area contributed by atoms with E-state index >= 15 is 0 Å². The average molecular weight is 349 g/mol. The first-order valence-electron chi connectivity index (χ1n) is 9.28. The molecule has 0 saturated heterocycles. The van der Waals surface area contributed by atoms with E-state index in [2.05, 4.69) is 62.6 Å². The molecule has 0 fully saturated rings. The van der Waals surface area contributed by atoms with Crippen molar-refractivity contribution < 1.29 is 9.53 Å². The Morgan fingerprint density at radius 2 is 1.68 bits per heavy atom. The van der Waals surface area contributed by atoms with Gasteiger partial charge in [0, 0.05) is 18.6 Å². The molecule has 0 radical (unpaired) electrons. The zero-order chi connectivity index (χ0) is 19.1. The van der Waals surface area contributed by atoms with E-state index in [0.717, 1.165) is 12.8 Å². The smallest absolute Gasteiger partial charge is 0.407 e. The Balaban J connectivity index is 2.71. The first-order valence-corrected chi connectivity index (χ1v) is 9.28. The van der Waals surface area contributed by atoms with E-state index in [1.54, 1.807) is 0 Å². The van der Waals surface area contributed by atoms with Crippen molar-refractivity contribution in [2.75, 3.05) is 6.54 Å². The number of alkyl carbamates (subject to hydrolysis) is 1. The molecule has 0 bridgehead atoms. The molecule has 0 aliphatic rings. The molecule has 0 aliphatic carbocycles. The Bertz CT molecular complexity index is 515. The largest absolute Gasteiger partial charge is 0.444 e. The highest BCUT2D eigenvalue weighted by Gasteiger charge is 2.23. The summed E-state index contributed by atoms with van der Waals surface area (Å²) in [6, 6.07) is 11.0. The minimum absolute atomic E-state index is 0.195. The molecular weight excluding hydrogens is 312 g/mol. The van der Waals surface area contributed by atoms with E-state index in [4.69, 9.17) is 4.74 Å². The van der Waals surface area contributed by atoms with E-state index in [9.17, 15) is 4.79 Å². The molecule has 1 aromatic rings. The molecule has 0 saturated carbocycles. The third-order valence-electron chi connectivity index (χ3n) is 3.84. The molecule has 0 aliphatic heterocycles. The van der Waals surface area contributed by atoms with Crippen LogP contribution in [0, 0.1) is 5.41 Å². The second kappa shape index (κ2) is 9.23. The molecule has 1 amide bonds. The third kappa shape index (κ3) is 9.49. The van der Waals surface area contributed by atoms with Gasteiger partial charge in [-0.2, -0.15) is 0 Å². The maximum absolute atomic E-state index is 11.9. The molecule has 0 aromatic heterocycles. The summed E-state index contributed by atoms with van der Waals surface area (Å²) in [5.74, 6) is 0. The van der Waals surface area contributed by atoms with Gasteiger partial charge in [-0.15, -0.1) is 0 Å². The van der Waals surface area contributed by atoms with Crippen LogP contribution < -0.4 is 10.6 Å². The number of hydrogen-bond donors (Lipinski definition) is 2. The van der Waals surface area contributed by atoms with Gasteiger partial charge in [0.2, 0.25) is 0 Å². The third-order valence-corrected chi connectivity index (χ3v) is 3.84. The van der Waals surface area contributed by atoms with Crippen molar-refractivity contribution in [1.29, 1.82) is 0 Å². The molecule has 1 aromatic carbocycles. The molecule has 1 rings (SSSR count). The van der Waals surface area contributed by atoms with E-state index in [1.165, 1.54) is 5.56 Å². The maximum Gasteiger partial charge on any atom is 0.407 e. The summed E-state index contributed by atoms with van der Waals surface area (Å²) in [5, 5.41) is 6.61. The van der Waals surface area contributed by atoms with Crippen molar-refractivity contribution in [2.45, 2.75) is 79.0 Å². The molecule has 4 heteroatoms. The van der Waals surface area contributed by atoms with Crippen LogP contribution in [0.25, 0.3) is 0 Å². The molecule has 0 spiro atoms. The molecule has 25 heavy (non-hydrogen) atoms. The van der Waals surface area contributed by atoms with Crippen LogP contribution in [0.5, 0.6) is 0 Å². The van der Waals surface area contributed by atoms with Gasteiger partial charge < -0.3 is 15.4 Å². The second-order valence-electron chi connectivity index (χ2n) is 8.88. The summed E-state index contributed by atoms with van der Waals surface area (Å²) in [4.78, 5) is 11.9. The van der Waals surface area contributed by atoms with Gasteiger partial charge in [0.05, 0.1) is 0 Å². The summed E-state index contributed by atoms with van der Waals surface area (Å²) < 4.78 is 5.32. The van der Waals surface area contributed by atoms with Crippen LogP contribution in [0.1, 0.15) is 72.9 Å². The monoisotopic (exact) mass is 348 g/mol. The summed E-state index contributed by atoms with van der Waals surface area (Å²) >= 11 is 0. The number of hydrogen-bond acceptors (Lipinski definition) is 3. The number of carbonyl (C=O) groups is 1. The molecule has 2 atom stereocenters. The van der Waals surface area contributed by atoms with E-state index in [1.807, 2.05) is 26.8 Å². The SMILES string of the molecule is CCC(CNC(=O)OC(C)(C)C)NC(CC(C)(C)C)c1ccccc1. The molecular formula is C21H36N2O2. The van der Waals surface area contributed by atoms with Gasteiger partial charge in [-0.3, -0.25) is 0 Å². The topological polar surface area (TPSA) is 50.4 Å². The number of carbonyl (C=O) groups excluding carboxylic acids is 1. The number of rotatable bonds is 7. The normalized spacial score (nSPS) is 14.7. The summed E-state index contributed by atoms with van der Waals surface area (Å²) in [6.07, 6.45) is 1.60. The van der Waals surface area contributed by atoms with Gasteiger partial charge in [-0.1, -0.05) is 58.0 Å². The van der Waals surface area contributed by atoms with Crippen molar-refractivity contribution >= 4 is 6.09 Å². The Morgan fingerprint density at radius 3 is 2.16 bits per heavy atom. The lowest BCUT2D eigenvalue weighted by atomic mass is 9.85. The molecule has 2 unspecified atom stereocenters. The Hall–Kier alpha value is -1.55. The number of benzene rings is 1. The summed E-state index contributed by atoms with van der Waals surface area (Å²) in [5.41, 5.74) is 1.02. The fourth-order valence-electron chi connectivity index (χ4n) is 2.70. The minimum atomic E-state index is -0.474.